The van der Waals surface area contributed by atoms with E-state index in [0.29, 0.717) is 6.54 Å². The highest BCUT2D eigenvalue weighted by atomic mass is 14.9. The van der Waals surface area contributed by atoms with Crippen LogP contribution in [0.25, 0.3) is 22.3 Å². The third-order valence-electron chi connectivity index (χ3n) is 3.68. The van der Waals surface area contributed by atoms with Crippen molar-refractivity contribution in [3.05, 3.63) is 53.5 Å². The van der Waals surface area contributed by atoms with Crippen molar-refractivity contribution in [3.8, 4) is 11.4 Å². The summed E-state index contributed by atoms with van der Waals surface area (Å²) in [4.78, 5) is 13.6. The predicted molar refractivity (Wildman–Crippen MR) is 85.0 cm³/mol. The number of aromatic nitrogens is 3. The quantitative estimate of drug-likeness (QED) is 0.800. The number of nitrogens with zero attached hydrogens (tertiary/aromatic N) is 3. The Balaban J connectivity index is 2.10. The van der Waals surface area contributed by atoms with Gasteiger partial charge < -0.3 is 5.73 Å². The summed E-state index contributed by atoms with van der Waals surface area (Å²) in [6.45, 7) is 4.66. The van der Waals surface area contributed by atoms with Crippen molar-refractivity contribution >= 4 is 10.9 Å². The monoisotopic (exact) mass is 278 g/mol. The van der Waals surface area contributed by atoms with Crippen molar-refractivity contribution in [3.63, 3.8) is 0 Å². The minimum Gasteiger partial charge on any atom is -0.330 e. The smallest absolute Gasteiger partial charge is 0.159 e. The van der Waals surface area contributed by atoms with Gasteiger partial charge in [-0.15, -0.1) is 0 Å². The van der Waals surface area contributed by atoms with Gasteiger partial charge in [-0.05, 0) is 56.6 Å². The summed E-state index contributed by atoms with van der Waals surface area (Å²) in [5, 5.41) is 1.10. The molecule has 2 heterocycles. The minimum absolute atomic E-state index is 0.617. The molecule has 2 aromatic heterocycles. The first-order valence-corrected chi connectivity index (χ1v) is 7.08. The fraction of sp³-hybridized carbons (Fsp3) is 0.235. The molecule has 4 heteroatoms. The van der Waals surface area contributed by atoms with Gasteiger partial charge in [0, 0.05) is 28.5 Å². The molecule has 0 bridgehead atoms. The fourth-order valence-electron chi connectivity index (χ4n) is 2.59. The van der Waals surface area contributed by atoms with Gasteiger partial charge in [0.25, 0.3) is 0 Å². The van der Waals surface area contributed by atoms with E-state index in [1.807, 2.05) is 38.1 Å². The lowest BCUT2D eigenvalue weighted by atomic mass is 10.1. The molecule has 0 atom stereocenters. The van der Waals surface area contributed by atoms with Crippen LogP contribution in [-0.4, -0.2) is 21.5 Å². The van der Waals surface area contributed by atoms with E-state index >= 15 is 0 Å². The normalized spacial score (nSPS) is 11.0. The number of rotatable bonds is 3. The molecule has 4 nitrogen and oxygen atoms in total. The lowest BCUT2D eigenvalue weighted by molar-refractivity contribution is 0.899. The van der Waals surface area contributed by atoms with Crippen molar-refractivity contribution in [1.82, 2.24) is 15.0 Å². The van der Waals surface area contributed by atoms with Gasteiger partial charge in [0.15, 0.2) is 5.82 Å². The fourth-order valence-corrected chi connectivity index (χ4v) is 2.59. The Bertz CT molecular complexity index is 773. The first-order chi connectivity index (χ1) is 10.2. The van der Waals surface area contributed by atoms with Gasteiger partial charge >= 0.3 is 0 Å². The van der Waals surface area contributed by atoms with Gasteiger partial charge in [-0.2, -0.15) is 0 Å². The van der Waals surface area contributed by atoms with Crippen molar-refractivity contribution in [2.24, 2.45) is 5.73 Å². The SMILES string of the molecule is Cc1nc(-c2ccc3ncccc3c2)nc(C)c1CCN. The highest BCUT2D eigenvalue weighted by molar-refractivity contribution is 5.83. The first-order valence-electron chi connectivity index (χ1n) is 7.08. The Kier molecular flexibility index (Phi) is 3.62. The van der Waals surface area contributed by atoms with Crippen LogP contribution in [0, 0.1) is 13.8 Å². The summed E-state index contributed by atoms with van der Waals surface area (Å²) in [6, 6.07) is 10.1. The molecular weight excluding hydrogens is 260 g/mol. The second-order valence-electron chi connectivity index (χ2n) is 5.15. The van der Waals surface area contributed by atoms with E-state index in [1.54, 1.807) is 6.20 Å². The summed E-state index contributed by atoms with van der Waals surface area (Å²) in [5.74, 6) is 0.761. The molecule has 2 N–H and O–H groups in total. The van der Waals surface area contributed by atoms with E-state index in [-0.39, 0.29) is 0 Å². The Morgan fingerprint density at radius 1 is 1.05 bits per heavy atom. The molecule has 0 spiro atoms. The van der Waals surface area contributed by atoms with Crippen LogP contribution >= 0.6 is 0 Å². The number of pyridine rings is 1. The average Bonchev–Trinajstić information content (AvgIpc) is 2.50. The zero-order valence-corrected chi connectivity index (χ0v) is 12.3. The Morgan fingerprint density at radius 2 is 1.81 bits per heavy atom. The Morgan fingerprint density at radius 3 is 2.52 bits per heavy atom. The third kappa shape index (κ3) is 2.62. The summed E-state index contributed by atoms with van der Waals surface area (Å²) in [6.07, 6.45) is 2.62. The second-order valence-corrected chi connectivity index (χ2v) is 5.15. The maximum atomic E-state index is 5.65. The van der Waals surface area contributed by atoms with Crippen LogP contribution in [-0.2, 0) is 6.42 Å². The molecule has 0 fully saturated rings. The van der Waals surface area contributed by atoms with Crippen LogP contribution < -0.4 is 5.73 Å². The minimum atomic E-state index is 0.617. The van der Waals surface area contributed by atoms with Crippen LogP contribution in [0.1, 0.15) is 17.0 Å². The number of hydrogen-bond acceptors (Lipinski definition) is 4. The van der Waals surface area contributed by atoms with Crippen LogP contribution in [0.5, 0.6) is 0 Å². The summed E-state index contributed by atoms with van der Waals surface area (Å²) < 4.78 is 0. The van der Waals surface area contributed by atoms with Gasteiger partial charge in [0.05, 0.1) is 5.52 Å². The lowest BCUT2D eigenvalue weighted by Crippen LogP contribution is -2.09. The van der Waals surface area contributed by atoms with Gasteiger partial charge in [-0.1, -0.05) is 6.07 Å². The standard InChI is InChI=1S/C17H18N4/c1-11-15(7-8-18)12(2)21-17(20-11)14-5-6-16-13(10-14)4-3-9-19-16/h3-6,9-10H,7-8,18H2,1-2H3. The maximum Gasteiger partial charge on any atom is 0.159 e. The van der Waals surface area contributed by atoms with E-state index in [0.717, 1.165) is 45.7 Å². The highest BCUT2D eigenvalue weighted by Crippen LogP contribution is 2.22. The van der Waals surface area contributed by atoms with Gasteiger partial charge in [-0.25, -0.2) is 9.97 Å². The zero-order chi connectivity index (χ0) is 14.8. The molecule has 3 aromatic rings. The molecule has 0 radical (unpaired) electrons. The molecule has 3 rings (SSSR count). The molecular formula is C17H18N4. The zero-order valence-electron chi connectivity index (χ0n) is 12.3. The maximum absolute atomic E-state index is 5.65. The molecule has 0 amide bonds. The van der Waals surface area contributed by atoms with Gasteiger partial charge in [-0.3, -0.25) is 4.98 Å². The molecule has 0 saturated heterocycles. The predicted octanol–water partition coefficient (Wildman–Crippen LogP) is 2.81. The van der Waals surface area contributed by atoms with Crippen molar-refractivity contribution in [2.75, 3.05) is 6.54 Å². The summed E-state index contributed by atoms with van der Waals surface area (Å²) in [5.41, 5.74) is 10.8. The van der Waals surface area contributed by atoms with Crippen molar-refractivity contribution in [1.29, 1.82) is 0 Å². The van der Waals surface area contributed by atoms with Crippen LogP contribution in [0.2, 0.25) is 0 Å². The van der Waals surface area contributed by atoms with E-state index in [2.05, 4.69) is 21.0 Å². The van der Waals surface area contributed by atoms with Crippen LogP contribution in [0.4, 0.5) is 0 Å². The second kappa shape index (κ2) is 5.58. The lowest BCUT2D eigenvalue weighted by Gasteiger charge is -2.10. The summed E-state index contributed by atoms with van der Waals surface area (Å²) >= 11 is 0. The number of benzene rings is 1. The molecule has 0 aliphatic heterocycles. The topological polar surface area (TPSA) is 64.7 Å². The first kappa shape index (κ1) is 13.6. The van der Waals surface area contributed by atoms with Gasteiger partial charge in [0.2, 0.25) is 0 Å². The molecule has 106 valence electrons. The molecule has 21 heavy (non-hydrogen) atoms. The van der Waals surface area contributed by atoms with Gasteiger partial charge in [0.1, 0.15) is 0 Å². The highest BCUT2D eigenvalue weighted by Gasteiger charge is 2.10. The molecule has 1 aromatic carbocycles. The Labute approximate surface area is 124 Å². The third-order valence-corrected chi connectivity index (χ3v) is 3.68. The van der Waals surface area contributed by atoms with E-state index in [1.165, 1.54) is 0 Å². The number of aryl methyl sites for hydroxylation is 2. The molecule has 0 saturated carbocycles. The van der Waals surface area contributed by atoms with Crippen LogP contribution in [0.15, 0.2) is 36.5 Å². The van der Waals surface area contributed by atoms with E-state index in [4.69, 9.17) is 5.73 Å². The number of fused-ring (bicyclic) bond motifs is 1. The molecule has 0 unspecified atom stereocenters. The molecule has 0 aliphatic carbocycles. The van der Waals surface area contributed by atoms with Crippen LogP contribution in [0.3, 0.4) is 0 Å². The number of nitrogens with two attached hydrogens (primary N) is 1. The van der Waals surface area contributed by atoms with E-state index < -0.39 is 0 Å². The average molecular weight is 278 g/mol. The number of hydrogen-bond donors (Lipinski definition) is 1. The van der Waals surface area contributed by atoms with Crippen molar-refractivity contribution < 1.29 is 0 Å². The van der Waals surface area contributed by atoms with E-state index in [9.17, 15) is 0 Å². The largest absolute Gasteiger partial charge is 0.330 e. The summed E-state index contributed by atoms with van der Waals surface area (Å²) in [7, 11) is 0. The molecule has 0 aliphatic rings. The Hall–Kier alpha value is -2.33. The van der Waals surface area contributed by atoms with Crippen molar-refractivity contribution in [2.45, 2.75) is 20.3 Å².